The molecule has 0 bridgehead atoms. The Morgan fingerprint density at radius 3 is 2.32 bits per heavy atom. The van der Waals surface area contributed by atoms with Gasteiger partial charge in [0.25, 0.3) is 0 Å². The number of rotatable bonds is 6. The lowest BCUT2D eigenvalue weighted by molar-refractivity contribution is -0.159. The zero-order valence-corrected chi connectivity index (χ0v) is 21.4. The standard InChI is InChI=1S/C24H26ClFN4O2.C2H2O4/c1-24(28-13-4-5-14-28,19-8-10-20(26)11-9-19)30-22(25)16-27(23(30)31)17-32-29-15-12-18-6-2-3-7-21(18)29;3-1(4)2(5)6/h2-3,6-12,15,22H,4-5,13-14,16-17H2,1H3;(H,3,4)(H,5,6). The monoisotopic (exact) mass is 546 g/mol. The molecule has 2 unspecified atom stereocenters. The van der Waals surface area contributed by atoms with Crippen LogP contribution >= 0.6 is 11.6 Å². The van der Waals surface area contributed by atoms with Crippen LogP contribution in [0.25, 0.3) is 10.9 Å². The molecule has 2 aliphatic rings. The molecule has 10 nitrogen and oxygen atoms in total. The second-order valence-corrected chi connectivity index (χ2v) is 9.60. The molecule has 5 rings (SSSR count). The van der Waals surface area contributed by atoms with Gasteiger partial charge < -0.3 is 15.1 Å². The summed E-state index contributed by atoms with van der Waals surface area (Å²) in [5.74, 6) is -3.95. The third-order valence-corrected chi connectivity index (χ3v) is 7.14. The Balaban J connectivity index is 0.000000505. The fourth-order valence-corrected chi connectivity index (χ4v) is 5.31. The summed E-state index contributed by atoms with van der Waals surface area (Å²) in [7, 11) is 0. The molecule has 2 fully saturated rings. The van der Waals surface area contributed by atoms with E-state index < -0.39 is 23.1 Å². The number of aromatic nitrogens is 1. The summed E-state index contributed by atoms with van der Waals surface area (Å²) in [6, 6.07) is 16.0. The minimum atomic E-state index is -1.82. The first-order chi connectivity index (χ1) is 18.1. The van der Waals surface area contributed by atoms with E-state index >= 15 is 0 Å². The van der Waals surface area contributed by atoms with Gasteiger partial charge in [0, 0.05) is 24.7 Å². The van der Waals surface area contributed by atoms with E-state index in [-0.39, 0.29) is 18.6 Å². The third-order valence-electron chi connectivity index (χ3n) is 6.81. The molecule has 1 aromatic heterocycles. The molecule has 2 aliphatic heterocycles. The lowest BCUT2D eigenvalue weighted by Crippen LogP contribution is -2.58. The Morgan fingerprint density at radius 2 is 1.68 bits per heavy atom. The highest BCUT2D eigenvalue weighted by Crippen LogP contribution is 2.40. The van der Waals surface area contributed by atoms with Crippen molar-refractivity contribution in [3.63, 3.8) is 0 Å². The van der Waals surface area contributed by atoms with Crippen molar-refractivity contribution in [1.82, 2.24) is 19.4 Å². The number of amides is 2. The van der Waals surface area contributed by atoms with E-state index in [0.29, 0.717) is 6.54 Å². The van der Waals surface area contributed by atoms with Crippen molar-refractivity contribution in [2.45, 2.75) is 30.9 Å². The quantitative estimate of drug-likeness (QED) is 0.276. The lowest BCUT2D eigenvalue weighted by atomic mass is 9.97. The molecule has 0 saturated carbocycles. The second kappa shape index (κ2) is 11.3. The summed E-state index contributed by atoms with van der Waals surface area (Å²) in [5, 5.41) is 15.8. The summed E-state index contributed by atoms with van der Waals surface area (Å²) < 4.78 is 15.3. The van der Waals surface area contributed by atoms with Crippen molar-refractivity contribution in [1.29, 1.82) is 0 Å². The Bertz CT molecular complexity index is 1300. The van der Waals surface area contributed by atoms with E-state index in [1.165, 1.54) is 12.1 Å². The molecular weight excluding hydrogens is 519 g/mol. The van der Waals surface area contributed by atoms with Crippen molar-refractivity contribution in [2.24, 2.45) is 0 Å². The van der Waals surface area contributed by atoms with Gasteiger partial charge in [-0.25, -0.2) is 18.8 Å². The maximum atomic E-state index is 13.6. The van der Waals surface area contributed by atoms with Gasteiger partial charge in [-0.1, -0.05) is 41.9 Å². The molecular formula is C26H28ClFN4O6. The number of carboxylic acid groups (broad SMARTS) is 2. The molecule has 2 amide bonds. The molecule has 0 radical (unpaired) electrons. The van der Waals surface area contributed by atoms with Crippen LogP contribution in [0.5, 0.6) is 0 Å². The van der Waals surface area contributed by atoms with Gasteiger partial charge in [0.15, 0.2) is 6.73 Å². The molecule has 2 aromatic carbocycles. The minimum Gasteiger partial charge on any atom is -0.473 e. The van der Waals surface area contributed by atoms with Crippen LogP contribution in [0.2, 0.25) is 0 Å². The SMILES string of the molecule is CC(c1ccc(F)cc1)(N1CCCC1)N1C(=O)N(COn2ccc3ccccc32)CC1Cl.O=C(O)C(=O)O. The number of aliphatic carboxylic acids is 2. The van der Waals surface area contributed by atoms with Gasteiger partial charge in [-0.3, -0.25) is 14.7 Å². The van der Waals surface area contributed by atoms with Gasteiger partial charge in [0.1, 0.15) is 17.0 Å². The minimum absolute atomic E-state index is 0.0801. The molecule has 38 heavy (non-hydrogen) atoms. The highest BCUT2D eigenvalue weighted by atomic mass is 35.5. The number of halogens is 2. The maximum Gasteiger partial charge on any atom is 0.414 e. The number of carbonyl (C=O) groups excluding carboxylic acids is 1. The Labute approximate surface area is 223 Å². The number of hydrogen-bond acceptors (Lipinski definition) is 5. The Morgan fingerprint density at radius 1 is 1.05 bits per heavy atom. The number of carbonyl (C=O) groups is 3. The number of urea groups is 1. The van der Waals surface area contributed by atoms with Crippen LogP contribution in [0, 0.1) is 5.82 Å². The molecule has 2 atom stereocenters. The first-order valence-corrected chi connectivity index (χ1v) is 12.5. The first-order valence-electron chi connectivity index (χ1n) is 12.0. The average molecular weight is 547 g/mol. The molecule has 3 heterocycles. The number of carboxylic acids is 2. The second-order valence-electron chi connectivity index (χ2n) is 9.10. The zero-order chi connectivity index (χ0) is 27.4. The third kappa shape index (κ3) is 5.39. The number of likely N-dealkylation sites (tertiary alicyclic amines) is 1. The highest BCUT2D eigenvalue weighted by Gasteiger charge is 2.51. The van der Waals surface area contributed by atoms with E-state index in [2.05, 4.69) is 4.90 Å². The van der Waals surface area contributed by atoms with Crippen LogP contribution in [0.1, 0.15) is 25.3 Å². The van der Waals surface area contributed by atoms with E-state index in [0.717, 1.165) is 42.4 Å². The van der Waals surface area contributed by atoms with Crippen LogP contribution in [-0.4, -0.2) is 79.5 Å². The van der Waals surface area contributed by atoms with Crippen LogP contribution in [0.4, 0.5) is 9.18 Å². The number of nitrogens with zero attached hydrogens (tertiary/aromatic N) is 4. The molecule has 2 saturated heterocycles. The molecule has 0 aliphatic carbocycles. The van der Waals surface area contributed by atoms with Crippen LogP contribution < -0.4 is 4.84 Å². The van der Waals surface area contributed by atoms with Gasteiger partial charge in [-0.05, 0) is 49.6 Å². The van der Waals surface area contributed by atoms with Crippen LogP contribution in [0.15, 0.2) is 60.8 Å². The molecule has 0 spiro atoms. The van der Waals surface area contributed by atoms with Gasteiger partial charge >= 0.3 is 18.0 Å². The lowest BCUT2D eigenvalue weighted by Gasteiger charge is -2.46. The van der Waals surface area contributed by atoms with Gasteiger partial charge in [-0.2, -0.15) is 4.73 Å². The van der Waals surface area contributed by atoms with E-state index in [1.807, 2.05) is 43.5 Å². The van der Waals surface area contributed by atoms with E-state index in [4.69, 9.17) is 36.2 Å². The largest absolute Gasteiger partial charge is 0.473 e. The maximum absolute atomic E-state index is 13.6. The topological polar surface area (TPSA) is 116 Å². The Hall–Kier alpha value is -3.83. The Kier molecular flexibility index (Phi) is 8.08. The van der Waals surface area contributed by atoms with E-state index in [9.17, 15) is 9.18 Å². The summed E-state index contributed by atoms with van der Waals surface area (Å²) in [5.41, 5.74) is 0.469. The molecule has 2 N–H and O–H groups in total. The fraction of sp³-hybridized carbons (Fsp3) is 0.346. The summed E-state index contributed by atoms with van der Waals surface area (Å²) in [6.45, 7) is 4.13. The summed E-state index contributed by atoms with van der Waals surface area (Å²) in [4.78, 5) is 43.3. The predicted molar refractivity (Wildman–Crippen MR) is 137 cm³/mol. The summed E-state index contributed by atoms with van der Waals surface area (Å²) in [6.07, 6.45) is 3.95. The predicted octanol–water partition coefficient (Wildman–Crippen LogP) is 3.59. The van der Waals surface area contributed by atoms with Crippen molar-refractivity contribution >= 4 is 40.5 Å². The number of hydrogen-bond donors (Lipinski definition) is 2. The summed E-state index contributed by atoms with van der Waals surface area (Å²) >= 11 is 6.77. The van der Waals surface area contributed by atoms with Crippen LogP contribution in [-0.2, 0) is 15.3 Å². The van der Waals surface area contributed by atoms with Gasteiger partial charge in [0.05, 0.1) is 12.1 Å². The molecule has 3 aromatic rings. The fourth-order valence-electron chi connectivity index (χ4n) is 4.87. The number of para-hydroxylation sites is 1. The smallest absolute Gasteiger partial charge is 0.414 e. The average Bonchev–Trinajstić information content (AvgIpc) is 3.63. The van der Waals surface area contributed by atoms with Crippen molar-refractivity contribution in [3.05, 3.63) is 72.2 Å². The molecule has 202 valence electrons. The molecule has 12 heteroatoms. The number of benzene rings is 2. The van der Waals surface area contributed by atoms with Gasteiger partial charge in [-0.15, -0.1) is 0 Å². The number of alkyl halides is 1. The van der Waals surface area contributed by atoms with Crippen LogP contribution in [0.3, 0.4) is 0 Å². The first kappa shape index (κ1) is 27.2. The van der Waals surface area contributed by atoms with E-state index in [1.54, 1.807) is 26.7 Å². The van der Waals surface area contributed by atoms with Crippen molar-refractivity contribution in [3.8, 4) is 0 Å². The van der Waals surface area contributed by atoms with Crippen molar-refractivity contribution < 1.29 is 33.8 Å². The number of fused-ring (bicyclic) bond motifs is 1. The van der Waals surface area contributed by atoms with Gasteiger partial charge in [0.2, 0.25) is 0 Å². The normalized spacial score (nSPS) is 19.2. The highest BCUT2D eigenvalue weighted by molar-refractivity contribution is 6.27. The zero-order valence-electron chi connectivity index (χ0n) is 20.7. The van der Waals surface area contributed by atoms with Crippen molar-refractivity contribution in [2.75, 3.05) is 26.4 Å².